The molecule has 0 aliphatic heterocycles. The molecule has 1 aliphatic carbocycles. The Morgan fingerprint density at radius 1 is 1.25 bits per heavy atom. The fourth-order valence-corrected chi connectivity index (χ4v) is 2.65. The average Bonchev–Trinajstić information content (AvgIpc) is 2.29. The summed E-state index contributed by atoms with van der Waals surface area (Å²) in [6.45, 7) is 2.24. The van der Waals surface area contributed by atoms with Gasteiger partial charge in [-0.25, -0.2) is 0 Å². The van der Waals surface area contributed by atoms with Gasteiger partial charge in [0.15, 0.2) is 5.78 Å². The van der Waals surface area contributed by atoms with Crippen LogP contribution in [-0.2, 0) is 0 Å². The number of Topliss-reactive ketones (excluding diaryl/α,β-unsaturated/α-hetero) is 1. The maximum atomic E-state index is 12.2. The van der Waals surface area contributed by atoms with E-state index in [2.05, 4.69) is 6.92 Å². The van der Waals surface area contributed by atoms with Crippen molar-refractivity contribution < 1.29 is 4.79 Å². The van der Waals surface area contributed by atoms with Crippen LogP contribution in [0.1, 0.15) is 43.0 Å². The summed E-state index contributed by atoms with van der Waals surface area (Å²) in [5.74, 6) is 1.21. The van der Waals surface area contributed by atoms with Gasteiger partial charge in [0, 0.05) is 16.5 Å². The standard InChI is InChI=1S/C14H17ClO/c1-10-3-2-4-12(9-10)14(16)11-5-7-13(15)8-6-11/h5-8,10,12H,2-4,9H2,1H3. The number of carbonyl (C=O) groups excluding carboxylic acids is 1. The van der Waals surface area contributed by atoms with Gasteiger partial charge in [-0.1, -0.05) is 31.4 Å². The molecule has 0 amide bonds. The highest BCUT2D eigenvalue weighted by Gasteiger charge is 2.25. The van der Waals surface area contributed by atoms with Gasteiger partial charge in [0.05, 0.1) is 0 Å². The largest absolute Gasteiger partial charge is 0.294 e. The van der Waals surface area contributed by atoms with E-state index in [1.165, 1.54) is 12.8 Å². The molecule has 1 aliphatic rings. The van der Waals surface area contributed by atoms with Crippen LogP contribution in [0.15, 0.2) is 24.3 Å². The van der Waals surface area contributed by atoms with Gasteiger partial charge < -0.3 is 0 Å². The first-order valence-electron chi connectivity index (χ1n) is 5.96. The summed E-state index contributed by atoms with van der Waals surface area (Å²) in [6.07, 6.45) is 4.54. The van der Waals surface area contributed by atoms with Crippen LogP contribution >= 0.6 is 11.6 Å². The van der Waals surface area contributed by atoms with E-state index in [0.717, 1.165) is 18.4 Å². The molecule has 86 valence electrons. The molecule has 0 N–H and O–H groups in total. The predicted octanol–water partition coefficient (Wildman–Crippen LogP) is 4.35. The molecule has 2 rings (SSSR count). The molecule has 1 saturated carbocycles. The first-order chi connectivity index (χ1) is 7.66. The van der Waals surface area contributed by atoms with Crippen LogP contribution in [0, 0.1) is 11.8 Å². The van der Waals surface area contributed by atoms with Crippen LogP contribution in [0.25, 0.3) is 0 Å². The van der Waals surface area contributed by atoms with E-state index >= 15 is 0 Å². The van der Waals surface area contributed by atoms with Crippen molar-refractivity contribution in [2.45, 2.75) is 32.6 Å². The molecule has 0 spiro atoms. The molecule has 2 unspecified atom stereocenters. The smallest absolute Gasteiger partial charge is 0.165 e. The Morgan fingerprint density at radius 3 is 2.56 bits per heavy atom. The van der Waals surface area contributed by atoms with Crippen LogP contribution in [0.4, 0.5) is 0 Å². The van der Waals surface area contributed by atoms with Crippen LogP contribution in [0.5, 0.6) is 0 Å². The summed E-state index contributed by atoms with van der Waals surface area (Å²) in [4.78, 5) is 12.2. The molecule has 0 saturated heterocycles. The van der Waals surface area contributed by atoms with E-state index in [-0.39, 0.29) is 5.92 Å². The summed E-state index contributed by atoms with van der Waals surface area (Å²) < 4.78 is 0. The quantitative estimate of drug-likeness (QED) is 0.698. The second kappa shape index (κ2) is 5.01. The molecular weight excluding hydrogens is 220 g/mol. The van der Waals surface area contributed by atoms with Gasteiger partial charge in [-0.05, 0) is 43.0 Å². The SMILES string of the molecule is CC1CCCC(C(=O)c2ccc(Cl)cc2)C1. The maximum absolute atomic E-state index is 12.2. The lowest BCUT2D eigenvalue weighted by Gasteiger charge is -2.25. The van der Waals surface area contributed by atoms with Crippen LogP contribution in [-0.4, -0.2) is 5.78 Å². The van der Waals surface area contributed by atoms with E-state index in [1.54, 1.807) is 12.1 Å². The molecule has 2 heteroatoms. The highest BCUT2D eigenvalue weighted by Crippen LogP contribution is 2.31. The lowest BCUT2D eigenvalue weighted by atomic mass is 9.79. The van der Waals surface area contributed by atoms with Gasteiger partial charge >= 0.3 is 0 Å². The first kappa shape index (κ1) is 11.7. The zero-order chi connectivity index (χ0) is 11.5. The summed E-state index contributed by atoms with van der Waals surface area (Å²) >= 11 is 5.81. The summed E-state index contributed by atoms with van der Waals surface area (Å²) in [6, 6.07) is 7.26. The normalized spacial score (nSPS) is 25.4. The second-order valence-electron chi connectivity index (χ2n) is 4.84. The van der Waals surface area contributed by atoms with Crippen molar-refractivity contribution >= 4 is 17.4 Å². The highest BCUT2D eigenvalue weighted by atomic mass is 35.5. The summed E-state index contributed by atoms with van der Waals surface area (Å²) in [5, 5.41) is 0.688. The lowest BCUT2D eigenvalue weighted by Crippen LogP contribution is -2.21. The molecule has 0 heterocycles. The molecule has 0 aromatic heterocycles. The number of ketones is 1. The minimum Gasteiger partial charge on any atom is -0.294 e. The summed E-state index contributed by atoms with van der Waals surface area (Å²) in [7, 11) is 0. The number of halogens is 1. The Labute approximate surface area is 102 Å². The van der Waals surface area contributed by atoms with E-state index in [4.69, 9.17) is 11.6 Å². The Kier molecular flexibility index (Phi) is 3.65. The molecule has 2 atom stereocenters. The van der Waals surface area contributed by atoms with Crippen molar-refractivity contribution in [3.05, 3.63) is 34.9 Å². The first-order valence-corrected chi connectivity index (χ1v) is 6.34. The van der Waals surface area contributed by atoms with E-state index in [1.807, 2.05) is 12.1 Å². The van der Waals surface area contributed by atoms with Gasteiger partial charge in [0.2, 0.25) is 0 Å². The predicted molar refractivity (Wildman–Crippen MR) is 66.9 cm³/mol. The van der Waals surface area contributed by atoms with Crippen LogP contribution < -0.4 is 0 Å². The number of hydrogen-bond acceptors (Lipinski definition) is 1. The Balaban J connectivity index is 2.09. The molecule has 1 aromatic carbocycles. The lowest BCUT2D eigenvalue weighted by molar-refractivity contribution is 0.0868. The second-order valence-corrected chi connectivity index (χ2v) is 5.28. The minimum absolute atomic E-state index is 0.227. The van der Waals surface area contributed by atoms with Gasteiger partial charge in [-0.2, -0.15) is 0 Å². The molecule has 1 fully saturated rings. The van der Waals surface area contributed by atoms with E-state index in [0.29, 0.717) is 16.7 Å². The van der Waals surface area contributed by atoms with Crippen LogP contribution in [0.2, 0.25) is 5.02 Å². The zero-order valence-electron chi connectivity index (χ0n) is 9.58. The molecule has 16 heavy (non-hydrogen) atoms. The number of hydrogen-bond donors (Lipinski definition) is 0. The molecule has 0 bridgehead atoms. The summed E-state index contributed by atoms with van der Waals surface area (Å²) in [5.41, 5.74) is 0.809. The van der Waals surface area contributed by atoms with Gasteiger partial charge in [-0.15, -0.1) is 0 Å². The maximum Gasteiger partial charge on any atom is 0.165 e. The van der Waals surface area contributed by atoms with Gasteiger partial charge in [0.1, 0.15) is 0 Å². The van der Waals surface area contributed by atoms with Crippen molar-refractivity contribution in [1.29, 1.82) is 0 Å². The van der Waals surface area contributed by atoms with Gasteiger partial charge in [0.25, 0.3) is 0 Å². The molecular formula is C14H17ClO. The molecule has 0 radical (unpaired) electrons. The third-order valence-corrected chi connectivity index (χ3v) is 3.69. The fourth-order valence-electron chi connectivity index (χ4n) is 2.52. The topological polar surface area (TPSA) is 17.1 Å². The van der Waals surface area contributed by atoms with Crippen molar-refractivity contribution in [2.75, 3.05) is 0 Å². The zero-order valence-corrected chi connectivity index (χ0v) is 10.3. The number of rotatable bonds is 2. The van der Waals surface area contributed by atoms with Crippen molar-refractivity contribution in [2.24, 2.45) is 11.8 Å². The highest BCUT2D eigenvalue weighted by molar-refractivity contribution is 6.30. The van der Waals surface area contributed by atoms with Crippen molar-refractivity contribution in [3.8, 4) is 0 Å². The Hall–Kier alpha value is -0.820. The van der Waals surface area contributed by atoms with Crippen molar-refractivity contribution in [1.82, 2.24) is 0 Å². The van der Waals surface area contributed by atoms with Gasteiger partial charge in [-0.3, -0.25) is 4.79 Å². The van der Waals surface area contributed by atoms with E-state index in [9.17, 15) is 4.79 Å². The van der Waals surface area contributed by atoms with Crippen LogP contribution in [0.3, 0.4) is 0 Å². The third-order valence-electron chi connectivity index (χ3n) is 3.44. The Morgan fingerprint density at radius 2 is 1.94 bits per heavy atom. The fraction of sp³-hybridized carbons (Fsp3) is 0.500. The number of benzene rings is 1. The molecule has 1 aromatic rings. The number of carbonyl (C=O) groups is 1. The minimum atomic E-state index is 0.227. The monoisotopic (exact) mass is 236 g/mol. The Bertz CT molecular complexity index is 369. The molecule has 1 nitrogen and oxygen atoms in total. The van der Waals surface area contributed by atoms with Crippen molar-refractivity contribution in [3.63, 3.8) is 0 Å². The average molecular weight is 237 g/mol. The van der Waals surface area contributed by atoms with E-state index < -0.39 is 0 Å². The third kappa shape index (κ3) is 2.65.